The SMILES string of the molecule is CCCNC(=O)COc1ccc(C)nc1[N+](=O)[O-]. The third-order valence-electron chi connectivity index (χ3n) is 2.08. The van der Waals surface area contributed by atoms with E-state index in [4.69, 9.17) is 4.74 Å². The maximum absolute atomic E-state index is 11.3. The summed E-state index contributed by atoms with van der Waals surface area (Å²) in [5.41, 5.74) is 0.518. The molecule has 1 heterocycles. The molecule has 0 unspecified atom stereocenters. The highest BCUT2D eigenvalue weighted by atomic mass is 16.6. The van der Waals surface area contributed by atoms with E-state index in [2.05, 4.69) is 10.3 Å². The summed E-state index contributed by atoms with van der Waals surface area (Å²) >= 11 is 0. The van der Waals surface area contributed by atoms with Crippen molar-refractivity contribution in [2.75, 3.05) is 13.2 Å². The van der Waals surface area contributed by atoms with Crippen molar-refractivity contribution in [3.8, 4) is 5.75 Å². The van der Waals surface area contributed by atoms with Crippen LogP contribution in [0.15, 0.2) is 12.1 Å². The molecular weight excluding hydrogens is 238 g/mol. The lowest BCUT2D eigenvalue weighted by atomic mass is 10.3. The third kappa shape index (κ3) is 4.00. The number of aryl methyl sites for hydroxylation is 1. The number of rotatable bonds is 6. The van der Waals surface area contributed by atoms with Gasteiger partial charge in [-0.2, -0.15) is 0 Å². The summed E-state index contributed by atoms with van der Waals surface area (Å²) in [7, 11) is 0. The maximum atomic E-state index is 11.3. The summed E-state index contributed by atoms with van der Waals surface area (Å²) in [6.45, 7) is 3.86. The van der Waals surface area contributed by atoms with Crippen molar-refractivity contribution in [2.45, 2.75) is 20.3 Å². The van der Waals surface area contributed by atoms with E-state index in [0.717, 1.165) is 6.42 Å². The fourth-order valence-electron chi connectivity index (χ4n) is 1.23. The number of pyridine rings is 1. The highest BCUT2D eigenvalue weighted by Crippen LogP contribution is 2.24. The van der Waals surface area contributed by atoms with Gasteiger partial charge in [0.2, 0.25) is 5.75 Å². The fourth-order valence-corrected chi connectivity index (χ4v) is 1.23. The molecule has 0 atom stereocenters. The first-order chi connectivity index (χ1) is 8.54. The van der Waals surface area contributed by atoms with E-state index in [1.807, 2.05) is 6.92 Å². The molecule has 0 saturated carbocycles. The van der Waals surface area contributed by atoms with Crippen molar-refractivity contribution in [1.82, 2.24) is 10.3 Å². The molecule has 0 aliphatic heterocycles. The van der Waals surface area contributed by atoms with Crippen LogP contribution in [0.2, 0.25) is 0 Å². The molecule has 1 aromatic rings. The second-order valence-electron chi connectivity index (χ2n) is 3.67. The number of amides is 1. The van der Waals surface area contributed by atoms with Gasteiger partial charge in [0.05, 0.1) is 0 Å². The van der Waals surface area contributed by atoms with Gasteiger partial charge in [-0.05, 0) is 28.5 Å². The van der Waals surface area contributed by atoms with Crippen LogP contribution < -0.4 is 10.1 Å². The Morgan fingerprint density at radius 1 is 1.56 bits per heavy atom. The van der Waals surface area contributed by atoms with Crippen LogP contribution in [-0.4, -0.2) is 29.0 Å². The molecule has 0 radical (unpaired) electrons. The second kappa shape index (κ2) is 6.53. The van der Waals surface area contributed by atoms with Crippen LogP contribution in [0.1, 0.15) is 19.0 Å². The van der Waals surface area contributed by atoms with Crippen molar-refractivity contribution >= 4 is 11.7 Å². The molecule has 0 fully saturated rings. The number of hydrogen-bond donors (Lipinski definition) is 1. The van der Waals surface area contributed by atoms with E-state index in [1.54, 1.807) is 13.0 Å². The van der Waals surface area contributed by atoms with E-state index in [9.17, 15) is 14.9 Å². The van der Waals surface area contributed by atoms with Gasteiger partial charge in [-0.15, -0.1) is 0 Å². The normalized spacial score (nSPS) is 9.89. The smallest absolute Gasteiger partial charge is 0.406 e. The molecule has 1 rings (SSSR count). The van der Waals surface area contributed by atoms with Crippen LogP contribution >= 0.6 is 0 Å². The molecule has 0 spiro atoms. The maximum Gasteiger partial charge on any atom is 0.406 e. The molecule has 0 aliphatic rings. The summed E-state index contributed by atoms with van der Waals surface area (Å²) in [4.78, 5) is 25.2. The minimum atomic E-state index is -0.633. The Balaban J connectivity index is 2.67. The first kappa shape index (κ1) is 13.9. The quantitative estimate of drug-likeness (QED) is 0.607. The Hall–Kier alpha value is -2.18. The first-order valence-electron chi connectivity index (χ1n) is 5.56. The van der Waals surface area contributed by atoms with Crippen molar-refractivity contribution in [1.29, 1.82) is 0 Å². The first-order valence-corrected chi connectivity index (χ1v) is 5.56. The molecule has 1 N–H and O–H groups in total. The van der Waals surface area contributed by atoms with Crippen molar-refractivity contribution in [2.24, 2.45) is 0 Å². The summed E-state index contributed by atoms with van der Waals surface area (Å²) in [5, 5.41) is 13.4. The Morgan fingerprint density at radius 2 is 2.28 bits per heavy atom. The number of carbonyl (C=O) groups is 1. The summed E-state index contributed by atoms with van der Waals surface area (Å²) < 4.78 is 5.10. The molecular formula is C11H15N3O4. The highest BCUT2D eigenvalue weighted by Gasteiger charge is 2.18. The van der Waals surface area contributed by atoms with Gasteiger partial charge < -0.3 is 20.2 Å². The van der Waals surface area contributed by atoms with Crippen LogP contribution in [-0.2, 0) is 4.79 Å². The van der Waals surface area contributed by atoms with E-state index >= 15 is 0 Å². The van der Waals surface area contributed by atoms with Crippen LogP contribution in [0, 0.1) is 17.0 Å². The number of hydrogen-bond acceptors (Lipinski definition) is 5. The highest BCUT2D eigenvalue weighted by molar-refractivity contribution is 5.77. The largest absolute Gasteiger partial charge is 0.476 e. The topological polar surface area (TPSA) is 94.4 Å². The van der Waals surface area contributed by atoms with Crippen molar-refractivity contribution in [3.05, 3.63) is 27.9 Å². The van der Waals surface area contributed by atoms with Crippen LogP contribution in [0.4, 0.5) is 5.82 Å². The average molecular weight is 253 g/mol. The summed E-state index contributed by atoms with van der Waals surface area (Å²) in [5.74, 6) is -0.692. The third-order valence-corrected chi connectivity index (χ3v) is 2.08. The molecule has 0 aliphatic carbocycles. The average Bonchev–Trinajstić information content (AvgIpc) is 2.34. The number of nitrogens with one attached hydrogen (secondary N) is 1. The van der Waals surface area contributed by atoms with Crippen molar-refractivity contribution in [3.63, 3.8) is 0 Å². The van der Waals surface area contributed by atoms with Gasteiger partial charge in [-0.3, -0.25) is 4.79 Å². The lowest BCUT2D eigenvalue weighted by Gasteiger charge is -2.06. The lowest BCUT2D eigenvalue weighted by molar-refractivity contribution is -0.390. The van der Waals surface area contributed by atoms with Gasteiger partial charge in [0.1, 0.15) is 5.69 Å². The standard InChI is InChI=1S/C11H15N3O4/c1-3-6-12-10(15)7-18-9-5-4-8(2)13-11(9)14(16)17/h4-5H,3,6-7H2,1-2H3,(H,12,15). The summed E-state index contributed by atoms with van der Waals surface area (Å²) in [6, 6.07) is 3.03. The van der Waals surface area contributed by atoms with Gasteiger partial charge in [0.25, 0.3) is 5.91 Å². The van der Waals surface area contributed by atoms with Gasteiger partial charge in [0, 0.05) is 13.5 Å². The molecule has 7 nitrogen and oxygen atoms in total. The minimum absolute atomic E-state index is 0.00255. The van der Waals surface area contributed by atoms with Crippen molar-refractivity contribution < 1.29 is 14.5 Å². The van der Waals surface area contributed by atoms with Crippen LogP contribution in [0.25, 0.3) is 0 Å². The van der Waals surface area contributed by atoms with E-state index in [-0.39, 0.29) is 24.1 Å². The Kier molecular flexibility index (Phi) is 5.04. The lowest BCUT2D eigenvalue weighted by Crippen LogP contribution is -2.29. The van der Waals surface area contributed by atoms with Crippen LogP contribution in [0.5, 0.6) is 5.75 Å². The number of nitrogens with zero attached hydrogens (tertiary/aromatic N) is 2. The second-order valence-corrected chi connectivity index (χ2v) is 3.67. The minimum Gasteiger partial charge on any atom is -0.476 e. The van der Waals surface area contributed by atoms with Gasteiger partial charge in [-0.25, -0.2) is 0 Å². The molecule has 1 aromatic heterocycles. The van der Waals surface area contributed by atoms with Crippen LogP contribution in [0.3, 0.4) is 0 Å². The van der Waals surface area contributed by atoms with E-state index in [0.29, 0.717) is 12.2 Å². The molecule has 0 bridgehead atoms. The van der Waals surface area contributed by atoms with Gasteiger partial charge in [-0.1, -0.05) is 6.92 Å². The molecule has 1 amide bonds. The van der Waals surface area contributed by atoms with Gasteiger partial charge >= 0.3 is 5.82 Å². The Labute approximate surface area is 104 Å². The van der Waals surface area contributed by atoms with E-state index in [1.165, 1.54) is 6.07 Å². The zero-order valence-electron chi connectivity index (χ0n) is 10.3. The monoisotopic (exact) mass is 253 g/mol. The predicted molar refractivity (Wildman–Crippen MR) is 64.4 cm³/mol. The predicted octanol–water partition coefficient (Wildman–Crippen LogP) is 1.20. The Bertz CT molecular complexity index is 448. The molecule has 18 heavy (non-hydrogen) atoms. The Morgan fingerprint density at radius 3 is 2.89 bits per heavy atom. The molecule has 0 saturated heterocycles. The number of nitro groups is 1. The number of carbonyl (C=O) groups excluding carboxylic acids is 1. The van der Waals surface area contributed by atoms with Gasteiger partial charge in [0.15, 0.2) is 6.61 Å². The fraction of sp³-hybridized carbons (Fsp3) is 0.455. The molecule has 7 heteroatoms. The number of aromatic nitrogens is 1. The summed E-state index contributed by atoms with van der Waals surface area (Å²) in [6.07, 6.45) is 0.817. The zero-order chi connectivity index (χ0) is 13.5. The zero-order valence-corrected chi connectivity index (χ0v) is 10.3. The molecule has 0 aromatic carbocycles. The van der Waals surface area contributed by atoms with E-state index < -0.39 is 4.92 Å². The number of ether oxygens (including phenoxy) is 1. The molecule has 98 valence electrons.